The van der Waals surface area contributed by atoms with Crippen molar-refractivity contribution in [3.05, 3.63) is 84.4 Å². The average Bonchev–Trinajstić information content (AvgIpc) is 2.74. The Labute approximate surface area is 174 Å². The average molecular weight is 402 g/mol. The van der Waals surface area contributed by atoms with E-state index in [4.69, 9.17) is 4.74 Å². The molecule has 0 saturated heterocycles. The van der Waals surface area contributed by atoms with Gasteiger partial charge >= 0.3 is 5.97 Å². The van der Waals surface area contributed by atoms with Gasteiger partial charge in [-0.15, -0.1) is 0 Å². The maximum atomic E-state index is 12.6. The predicted molar refractivity (Wildman–Crippen MR) is 116 cm³/mol. The van der Waals surface area contributed by atoms with E-state index >= 15 is 0 Å². The van der Waals surface area contributed by atoms with Crippen molar-refractivity contribution in [1.29, 1.82) is 0 Å². The van der Waals surface area contributed by atoms with Crippen LogP contribution in [0.2, 0.25) is 0 Å². The highest BCUT2D eigenvalue weighted by molar-refractivity contribution is 6.00. The lowest BCUT2D eigenvalue weighted by Crippen LogP contribution is -2.30. The molecule has 0 unspecified atom stereocenters. The summed E-state index contributed by atoms with van der Waals surface area (Å²) in [7, 11) is 0. The summed E-state index contributed by atoms with van der Waals surface area (Å²) >= 11 is 0. The van der Waals surface area contributed by atoms with Gasteiger partial charge in [-0.3, -0.25) is 9.59 Å². The highest BCUT2D eigenvalue weighted by atomic mass is 16.5. The number of anilines is 2. The van der Waals surface area contributed by atoms with Gasteiger partial charge in [0.15, 0.2) is 6.10 Å². The van der Waals surface area contributed by atoms with E-state index in [1.165, 1.54) is 19.9 Å². The number of rotatable bonds is 6. The van der Waals surface area contributed by atoms with Crippen LogP contribution >= 0.6 is 0 Å². The maximum Gasteiger partial charge on any atom is 0.338 e. The zero-order valence-electron chi connectivity index (χ0n) is 16.7. The van der Waals surface area contributed by atoms with Crippen molar-refractivity contribution >= 4 is 29.2 Å². The normalized spacial score (nSPS) is 11.3. The Balaban J connectivity index is 1.69. The molecule has 0 fully saturated rings. The first kappa shape index (κ1) is 20.8. The molecule has 0 heterocycles. The number of benzene rings is 3. The fourth-order valence-electron chi connectivity index (χ4n) is 2.91. The zero-order valence-corrected chi connectivity index (χ0v) is 16.7. The summed E-state index contributed by atoms with van der Waals surface area (Å²) in [5, 5.41) is 5.43. The second-order valence-corrected chi connectivity index (χ2v) is 6.71. The molecule has 3 aromatic rings. The van der Waals surface area contributed by atoms with Crippen LogP contribution < -0.4 is 10.6 Å². The molecular weight excluding hydrogens is 380 g/mol. The summed E-state index contributed by atoms with van der Waals surface area (Å²) in [6, 6.07) is 23.5. The molecule has 0 aliphatic carbocycles. The number of hydrogen-bond donors (Lipinski definition) is 2. The standard InChI is InChI=1S/C24H22N2O4/c1-16(30-24(29)19-11-8-12-20(15-19)25-17(2)27)23(28)26-22-14-7-6-13-21(22)18-9-4-3-5-10-18/h3-16H,1-2H3,(H,25,27)(H,26,28)/t16-/m0/s1. The van der Waals surface area contributed by atoms with Crippen LogP contribution in [0.5, 0.6) is 0 Å². The van der Waals surface area contributed by atoms with E-state index in [-0.39, 0.29) is 11.5 Å². The molecule has 6 nitrogen and oxygen atoms in total. The van der Waals surface area contributed by atoms with Gasteiger partial charge in [0, 0.05) is 23.9 Å². The minimum atomic E-state index is -1.01. The van der Waals surface area contributed by atoms with Gasteiger partial charge < -0.3 is 15.4 Å². The fourth-order valence-corrected chi connectivity index (χ4v) is 2.91. The van der Waals surface area contributed by atoms with Gasteiger partial charge in [0.1, 0.15) is 0 Å². The Hall–Kier alpha value is -3.93. The molecule has 2 amide bonds. The molecule has 0 bridgehead atoms. The van der Waals surface area contributed by atoms with Crippen LogP contribution in [0.25, 0.3) is 11.1 Å². The van der Waals surface area contributed by atoms with Crippen molar-refractivity contribution in [1.82, 2.24) is 0 Å². The molecule has 1 atom stereocenters. The van der Waals surface area contributed by atoms with Gasteiger partial charge in [-0.1, -0.05) is 54.6 Å². The third-order valence-corrected chi connectivity index (χ3v) is 4.34. The number of hydrogen-bond acceptors (Lipinski definition) is 4. The summed E-state index contributed by atoms with van der Waals surface area (Å²) in [4.78, 5) is 36.2. The molecule has 6 heteroatoms. The van der Waals surface area contributed by atoms with E-state index in [0.717, 1.165) is 11.1 Å². The van der Waals surface area contributed by atoms with Crippen molar-refractivity contribution in [2.45, 2.75) is 20.0 Å². The van der Waals surface area contributed by atoms with Crippen LogP contribution in [0.1, 0.15) is 24.2 Å². The molecule has 0 aliphatic rings. The third-order valence-electron chi connectivity index (χ3n) is 4.34. The lowest BCUT2D eigenvalue weighted by atomic mass is 10.0. The molecule has 0 saturated carbocycles. The number of ether oxygens (including phenoxy) is 1. The Morgan fingerprint density at radius 3 is 2.27 bits per heavy atom. The zero-order chi connectivity index (χ0) is 21.5. The van der Waals surface area contributed by atoms with Crippen LogP contribution in [-0.4, -0.2) is 23.9 Å². The lowest BCUT2D eigenvalue weighted by molar-refractivity contribution is -0.123. The summed E-state index contributed by atoms with van der Waals surface area (Å²) in [6.07, 6.45) is -1.01. The lowest BCUT2D eigenvalue weighted by Gasteiger charge is -2.16. The molecule has 0 aliphatic heterocycles. The summed E-state index contributed by atoms with van der Waals surface area (Å²) < 4.78 is 5.31. The molecule has 30 heavy (non-hydrogen) atoms. The van der Waals surface area contributed by atoms with Crippen molar-refractivity contribution < 1.29 is 19.1 Å². The monoisotopic (exact) mass is 402 g/mol. The van der Waals surface area contributed by atoms with E-state index in [2.05, 4.69) is 10.6 Å². The summed E-state index contributed by atoms with van der Waals surface area (Å²) in [6.45, 7) is 2.89. The van der Waals surface area contributed by atoms with E-state index in [9.17, 15) is 14.4 Å². The van der Waals surface area contributed by atoms with E-state index in [0.29, 0.717) is 11.4 Å². The Morgan fingerprint density at radius 1 is 0.833 bits per heavy atom. The van der Waals surface area contributed by atoms with Gasteiger partial charge in [0.05, 0.1) is 5.56 Å². The fraction of sp³-hybridized carbons (Fsp3) is 0.125. The van der Waals surface area contributed by atoms with Crippen LogP contribution in [0.15, 0.2) is 78.9 Å². The molecule has 152 valence electrons. The van der Waals surface area contributed by atoms with Crippen molar-refractivity contribution in [3.63, 3.8) is 0 Å². The highest BCUT2D eigenvalue weighted by Gasteiger charge is 2.20. The van der Waals surface area contributed by atoms with Gasteiger partial charge in [-0.05, 0) is 36.8 Å². The molecule has 0 radical (unpaired) electrons. The smallest absolute Gasteiger partial charge is 0.338 e. The number of esters is 1. The minimum Gasteiger partial charge on any atom is -0.449 e. The van der Waals surface area contributed by atoms with Crippen LogP contribution in [-0.2, 0) is 14.3 Å². The number of carbonyl (C=O) groups is 3. The first-order valence-corrected chi connectivity index (χ1v) is 9.48. The molecule has 2 N–H and O–H groups in total. The third kappa shape index (κ3) is 5.32. The largest absolute Gasteiger partial charge is 0.449 e. The van der Waals surface area contributed by atoms with Crippen LogP contribution in [0.4, 0.5) is 11.4 Å². The van der Waals surface area contributed by atoms with Gasteiger partial charge in [0.25, 0.3) is 5.91 Å². The molecular formula is C24H22N2O4. The second-order valence-electron chi connectivity index (χ2n) is 6.71. The van der Waals surface area contributed by atoms with E-state index < -0.39 is 18.0 Å². The molecule has 0 spiro atoms. The summed E-state index contributed by atoms with van der Waals surface area (Å²) in [5.41, 5.74) is 3.18. The number of amides is 2. The quantitative estimate of drug-likeness (QED) is 0.595. The number of para-hydroxylation sites is 1. The van der Waals surface area contributed by atoms with Crippen molar-refractivity contribution in [2.75, 3.05) is 10.6 Å². The molecule has 0 aromatic heterocycles. The second kappa shape index (κ2) is 9.52. The number of carbonyl (C=O) groups excluding carboxylic acids is 3. The Bertz CT molecular complexity index is 1060. The highest BCUT2D eigenvalue weighted by Crippen LogP contribution is 2.27. The molecule has 3 aromatic carbocycles. The number of nitrogens with one attached hydrogen (secondary N) is 2. The van der Waals surface area contributed by atoms with Crippen molar-refractivity contribution in [3.8, 4) is 11.1 Å². The Morgan fingerprint density at radius 2 is 1.53 bits per heavy atom. The first-order chi connectivity index (χ1) is 14.4. The SMILES string of the molecule is CC(=O)Nc1cccc(C(=O)O[C@@H](C)C(=O)Nc2ccccc2-c2ccccc2)c1. The minimum absolute atomic E-state index is 0.241. The van der Waals surface area contributed by atoms with Gasteiger partial charge in [-0.2, -0.15) is 0 Å². The van der Waals surface area contributed by atoms with Gasteiger partial charge in [0.2, 0.25) is 5.91 Å². The topological polar surface area (TPSA) is 84.5 Å². The maximum absolute atomic E-state index is 12.6. The van der Waals surface area contributed by atoms with Crippen LogP contribution in [0.3, 0.4) is 0 Å². The first-order valence-electron chi connectivity index (χ1n) is 9.48. The van der Waals surface area contributed by atoms with E-state index in [1.807, 2.05) is 48.5 Å². The van der Waals surface area contributed by atoms with Crippen molar-refractivity contribution in [2.24, 2.45) is 0 Å². The summed E-state index contributed by atoms with van der Waals surface area (Å²) in [5.74, 6) is -1.34. The van der Waals surface area contributed by atoms with Gasteiger partial charge in [-0.25, -0.2) is 4.79 Å². The Kier molecular flexibility index (Phi) is 6.60. The van der Waals surface area contributed by atoms with Crippen LogP contribution in [0, 0.1) is 0 Å². The predicted octanol–water partition coefficient (Wildman–Crippen LogP) is 4.50. The van der Waals surface area contributed by atoms with E-state index in [1.54, 1.807) is 24.3 Å². The molecule has 3 rings (SSSR count).